The van der Waals surface area contributed by atoms with Gasteiger partial charge in [-0.15, -0.1) is 0 Å². The lowest BCUT2D eigenvalue weighted by Crippen LogP contribution is -2.28. The molecule has 2 aromatic carbocycles. The fraction of sp³-hybridized carbons (Fsp3) is 0.391. The summed E-state index contributed by atoms with van der Waals surface area (Å²) in [6, 6.07) is 14.2. The fourth-order valence-corrected chi connectivity index (χ4v) is 3.34. The molecule has 1 N–H and O–H groups in total. The lowest BCUT2D eigenvalue weighted by atomic mass is 10.1. The number of carbonyl (C=O) groups is 1. The van der Waals surface area contributed by atoms with E-state index in [0.717, 1.165) is 41.1 Å². The monoisotopic (exact) mass is 379 g/mol. The summed E-state index contributed by atoms with van der Waals surface area (Å²) in [5.41, 5.74) is 4.38. The standard InChI is InChI=1S/C23H29N3O2/c1-5-22(27)24-18(4)23-25-19-9-6-7-10-20(19)26(23)13-8-14-28-21-15-16(2)11-12-17(21)3/h6-7,9-12,15,18H,5,8,13-14H2,1-4H3,(H,24,27). The minimum Gasteiger partial charge on any atom is -0.493 e. The molecule has 1 amide bonds. The lowest BCUT2D eigenvalue weighted by Gasteiger charge is -2.16. The molecular formula is C23H29N3O2. The van der Waals surface area contributed by atoms with E-state index in [1.807, 2.05) is 32.0 Å². The van der Waals surface area contributed by atoms with Gasteiger partial charge in [-0.05, 0) is 56.5 Å². The Kier molecular flexibility index (Phi) is 6.34. The van der Waals surface area contributed by atoms with Crippen LogP contribution in [0.4, 0.5) is 0 Å². The maximum absolute atomic E-state index is 11.8. The second-order valence-corrected chi connectivity index (χ2v) is 7.22. The van der Waals surface area contributed by atoms with E-state index >= 15 is 0 Å². The SMILES string of the molecule is CCC(=O)NC(C)c1nc2ccccc2n1CCCOc1cc(C)ccc1C. The molecular weight excluding hydrogens is 350 g/mol. The number of hydrogen-bond donors (Lipinski definition) is 1. The lowest BCUT2D eigenvalue weighted by molar-refractivity contribution is -0.121. The summed E-state index contributed by atoms with van der Waals surface area (Å²) in [6.45, 7) is 9.39. The van der Waals surface area contributed by atoms with Gasteiger partial charge in [0, 0.05) is 13.0 Å². The van der Waals surface area contributed by atoms with E-state index in [0.29, 0.717) is 13.0 Å². The number of imidazole rings is 1. The van der Waals surface area contributed by atoms with Gasteiger partial charge < -0.3 is 14.6 Å². The molecule has 0 saturated carbocycles. The van der Waals surface area contributed by atoms with Gasteiger partial charge in [-0.3, -0.25) is 4.79 Å². The molecule has 0 fully saturated rings. The average Bonchev–Trinajstić information content (AvgIpc) is 3.06. The van der Waals surface area contributed by atoms with Crippen LogP contribution in [0, 0.1) is 13.8 Å². The minimum absolute atomic E-state index is 0.0318. The van der Waals surface area contributed by atoms with Crippen LogP contribution in [-0.4, -0.2) is 22.1 Å². The highest BCUT2D eigenvalue weighted by Gasteiger charge is 2.17. The number of rotatable bonds is 8. The smallest absolute Gasteiger partial charge is 0.220 e. The molecule has 1 atom stereocenters. The Morgan fingerprint density at radius 2 is 2.00 bits per heavy atom. The van der Waals surface area contributed by atoms with Gasteiger partial charge in [0.1, 0.15) is 11.6 Å². The number of aryl methyl sites for hydroxylation is 3. The van der Waals surface area contributed by atoms with Crippen molar-refractivity contribution >= 4 is 16.9 Å². The Bertz CT molecular complexity index is 962. The summed E-state index contributed by atoms with van der Waals surface area (Å²) in [7, 11) is 0. The molecule has 1 unspecified atom stereocenters. The summed E-state index contributed by atoms with van der Waals surface area (Å²) < 4.78 is 8.20. The van der Waals surface area contributed by atoms with Gasteiger partial charge in [0.15, 0.2) is 0 Å². The van der Waals surface area contributed by atoms with Crippen LogP contribution in [-0.2, 0) is 11.3 Å². The van der Waals surface area contributed by atoms with Crippen molar-refractivity contribution in [1.29, 1.82) is 0 Å². The topological polar surface area (TPSA) is 56.2 Å². The minimum atomic E-state index is -0.139. The maximum atomic E-state index is 11.8. The predicted molar refractivity (Wildman–Crippen MR) is 113 cm³/mol. The Labute approximate surface area is 166 Å². The third-order valence-electron chi connectivity index (χ3n) is 4.90. The molecule has 0 bridgehead atoms. The Morgan fingerprint density at radius 3 is 2.79 bits per heavy atom. The summed E-state index contributed by atoms with van der Waals surface area (Å²) in [6.07, 6.45) is 1.32. The largest absolute Gasteiger partial charge is 0.493 e. The van der Waals surface area contributed by atoms with Gasteiger partial charge >= 0.3 is 0 Å². The molecule has 0 aliphatic carbocycles. The van der Waals surface area contributed by atoms with Gasteiger partial charge in [0.25, 0.3) is 0 Å². The zero-order valence-corrected chi connectivity index (χ0v) is 17.2. The molecule has 3 aromatic rings. The molecule has 5 heteroatoms. The third kappa shape index (κ3) is 4.53. The number of fused-ring (bicyclic) bond motifs is 1. The predicted octanol–water partition coefficient (Wildman–Crippen LogP) is 4.71. The fourth-order valence-electron chi connectivity index (χ4n) is 3.34. The van der Waals surface area contributed by atoms with E-state index < -0.39 is 0 Å². The summed E-state index contributed by atoms with van der Waals surface area (Å²) >= 11 is 0. The van der Waals surface area contributed by atoms with Crippen molar-refractivity contribution < 1.29 is 9.53 Å². The second kappa shape index (κ2) is 8.91. The van der Waals surface area contributed by atoms with Crippen molar-refractivity contribution in [3.05, 3.63) is 59.4 Å². The van der Waals surface area contributed by atoms with E-state index in [4.69, 9.17) is 9.72 Å². The zero-order chi connectivity index (χ0) is 20.1. The van der Waals surface area contributed by atoms with Crippen LogP contribution >= 0.6 is 0 Å². The number of amides is 1. The number of nitrogens with one attached hydrogen (secondary N) is 1. The van der Waals surface area contributed by atoms with Crippen molar-refractivity contribution in [2.24, 2.45) is 0 Å². The summed E-state index contributed by atoms with van der Waals surface area (Å²) in [5.74, 6) is 1.86. The molecule has 0 aliphatic heterocycles. The Balaban J connectivity index is 1.73. The summed E-state index contributed by atoms with van der Waals surface area (Å²) in [5, 5.41) is 3.02. The van der Waals surface area contributed by atoms with Crippen LogP contribution in [0.1, 0.15) is 49.7 Å². The molecule has 5 nitrogen and oxygen atoms in total. The van der Waals surface area contributed by atoms with E-state index in [-0.39, 0.29) is 11.9 Å². The van der Waals surface area contributed by atoms with Crippen molar-refractivity contribution in [1.82, 2.24) is 14.9 Å². The normalized spacial score (nSPS) is 12.1. The van der Waals surface area contributed by atoms with Crippen molar-refractivity contribution in [2.45, 2.75) is 53.1 Å². The number of nitrogens with zero attached hydrogens (tertiary/aromatic N) is 2. The maximum Gasteiger partial charge on any atom is 0.220 e. The number of ether oxygens (including phenoxy) is 1. The number of carbonyl (C=O) groups excluding carboxylic acids is 1. The first-order valence-corrected chi connectivity index (χ1v) is 9.94. The van der Waals surface area contributed by atoms with Gasteiger partial charge in [-0.25, -0.2) is 4.98 Å². The first-order chi connectivity index (χ1) is 13.5. The number of hydrogen-bond acceptors (Lipinski definition) is 3. The molecule has 28 heavy (non-hydrogen) atoms. The van der Waals surface area contributed by atoms with Gasteiger partial charge in [-0.1, -0.05) is 31.2 Å². The van der Waals surface area contributed by atoms with Crippen LogP contribution < -0.4 is 10.1 Å². The van der Waals surface area contributed by atoms with Crippen LogP contribution in [0.15, 0.2) is 42.5 Å². The zero-order valence-electron chi connectivity index (χ0n) is 17.2. The van der Waals surface area contributed by atoms with E-state index in [2.05, 4.69) is 48.0 Å². The van der Waals surface area contributed by atoms with Crippen molar-refractivity contribution in [2.75, 3.05) is 6.61 Å². The quantitative estimate of drug-likeness (QED) is 0.577. The first-order valence-electron chi connectivity index (χ1n) is 9.94. The second-order valence-electron chi connectivity index (χ2n) is 7.22. The number of benzene rings is 2. The van der Waals surface area contributed by atoms with Crippen LogP contribution in [0.2, 0.25) is 0 Å². The highest BCUT2D eigenvalue weighted by molar-refractivity contribution is 5.77. The average molecular weight is 380 g/mol. The van der Waals surface area contributed by atoms with Crippen LogP contribution in [0.25, 0.3) is 11.0 Å². The van der Waals surface area contributed by atoms with Gasteiger partial charge in [0.2, 0.25) is 5.91 Å². The molecule has 148 valence electrons. The van der Waals surface area contributed by atoms with E-state index in [1.165, 1.54) is 5.56 Å². The molecule has 3 rings (SSSR count). The van der Waals surface area contributed by atoms with Crippen molar-refractivity contribution in [3.63, 3.8) is 0 Å². The molecule has 0 aliphatic rings. The molecule has 1 heterocycles. The highest BCUT2D eigenvalue weighted by Crippen LogP contribution is 2.22. The molecule has 0 radical (unpaired) electrons. The van der Waals surface area contributed by atoms with Crippen LogP contribution in [0.5, 0.6) is 5.75 Å². The highest BCUT2D eigenvalue weighted by atomic mass is 16.5. The van der Waals surface area contributed by atoms with E-state index in [1.54, 1.807) is 0 Å². The van der Waals surface area contributed by atoms with Crippen LogP contribution in [0.3, 0.4) is 0 Å². The van der Waals surface area contributed by atoms with Gasteiger partial charge in [0.05, 0.1) is 23.7 Å². The number of aromatic nitrogens is 2. The van der Waals surface area contributed by atoms with E-state index in [9.17, 15) is 4.79 Å². The number of para-hydroxylation sites is 2. The van der Waals surface area contributed by atoms with Gasteiger partial charge in [-0.2, -0.15) is 0 Å². The summed E-state index contributed by atoms with van der Waals surface area (Å²) in [4.78, 5) is 16.6. The van der Waals surface area contributed by atoms with Crippen molar-refractivity contribution in [3.8, 4) is 5.75 Å². The molecule has 0 saturated heterocycles. The molecule has 0 spiro atoms. The molecule has 1 aromatic heterocycles. The first kappa shape index (κ1) is 19.9. The third-order valence-corrected chi connectivity index (χ3v) is 4.90. The Hall–Kier alpha value is -2.82. The Morgan fingerprint density at radius 1 is 1.21 bits per heavy atom.